The number of nitrogens with zero attached hydrogens (tertiary/aromatic N) is 2. The molecule has 2 aromatic carbocycles. The van der Waals surface area contributed by atoms with E-state index < -0.39 is 0 Å². The normalized spacial score (nSPS) is 12.5. The molecule has 0 bridgehead atoms. The molecule has 0 amide bonds. The van der Waals surface area contributed by atoms with Crippen molar-refractivity contribution in [3.05, 3.63) is 90.4 Å². The van der Waals surface area contributed by atoms with Crippen LogP contribution in [-0.2, 0) is 0 Å². The molecular weight excluding hydrogens is 299 g/mol. The minimum Gasteiger partial charge on any atom is -0.237 e. The van der Waals surface area contributed by atoms with E-state index >= 15 is 0 Å². The Hall–Kier alpha value is -2.42. The number of hydrogen-bond donors (Lipinski definition) is 0. The molecule has 0 spiro atoms. The third-order valence-electron chi connectivity index (χ3n) is 4.24. The SMILES string of the molecule is [CH2]CC(c1cccc(F)c1)c1cc(C(C)C)nn1-c1ccccc1. The van der Waals surface area contributed by atoms with Gasteiger partial charge in [-0.3, -0.25) is 0 Å². The van der Waals surface area contributed by atoms with Crippen molar-refractivity contribution in [2.75, 3.05) is 0 Å². The first-order chi connectivity index (χ1) is 11.6. The Balaban J connectivity index is 2.14. The minimum absolute atomic E-state index is 0.000839. The van der Waals surface area contributed by atoms with Crippen LogP contribution >= 0.6 is 0 Å². The van der Waals surface area contributed by atoms with Crippen LogP contribution < -0.4 is 0 Å². The number of aromatic nitrogens is 2. The van der Waals surface area contributed by atoms with Crippen molar-refractivity contribution in [3.8, 4) is 5.69 Å². The zero-order chi connectivity index (χ0) is 17.1. The number of rotatable bonds is 5. The van der Waals surface area contributed by atoms with E-state index in [4.69, 9.17) is 5.10 Å². The van der Waals surface area contributed by atoms with Gasteiger partial charge in [0.05, 0.1) is 17.1 Å². The van der Waals surface area contributed by atoms with Crippen LogP contribution in [-0.4, -0.2) is 9.78 Å². The van der Waals surface area contributed by atoms with Crippen molar-refractivity contribution in [2.45, 2.75) is 32.1 Å². The minimum atomic E-state index is -0.221. The fourth-order valence-corrected chi connectivity index (χ4v) is 2.93. The highest BCUT2D eigenvalue weighted by molar-refractivity contribution is 5.38. The standard InChI is InChI=1S/C21H22FN2/c1-4-19(16-9-8-10-17(22)13-16)21-14-20(15(2)3)23-24(21)18-11-6-5-7-12-18/h5-15,19H,1,4H2,2-3H3. The molecule has 1 heterocycles. The zero-order valence-electron chi connectivity index (χ0n) is 14.1. The summed E-state index contributed by atoms with van der Waals surface area (Å²) in [6.45, 7) is 8.35. The maximum atomic E-state index is 13.7. The molecule has 3 rings (SSSR count). The van der Waals surface area contributed by atoms with Crippen LogP contribution in [0.1, 0.15) is 49.1 Å². The number of halogens is 1. The Morgan fingerprint density at radius 1 is 1.04 bits per heavy atom. The lowest BCUT2D eigenvalue weighted by Crippen LogP contribution is -2.09. The van der Waals surface area contributed by atoms with Gasteiger partial charge < -0.3 is 0 Å². The van der Waals surface area contributed by atoms with E-state index in [0.29, 0.717) is 12.3 Å². The van der Waals surface area contributed by atoms with Crippen molar-refractivity contribution >= 4 is 0 Å². The molecular formula is C21H22FN2. The van der Waals surface area contributed by atoms with Gasteiger partial charge in [0.1, 0.15) is 5.82 Å². The summed E-state index contributed by atoms with van der Waals surface area (Å²) in [7, 11) is 0. The van der Waals surface area contributed by atoms with Crippen molar-refractivity contribution in [1.82, 2.24) is 9.78 Å². The maximum Gasteiger partial charge on any atom is 0.123 e. The van der Waals surface area contributed by atoms with Crippen molar-refractivity contribution < 1.29 is 4.39 Å². The molecule has 0 saturated carbocycles. The largest absolute Gasteiger partial charge is 0.237 e. The van der Waals surface area contributed by atoms with Crippen LogP contribution in [0.25, 0.3) is 5.69 Å². The second-order valence-electron chi connectivity index (χ2n) is 6.29. The molecule has 0 aliphatic carbocycles. The quantitative estimate of drug-likeness (QED) is 0.607. The number of para-hydroxylation sites is 1. The summed E-state index contributed by atoms with van der Waals surface area (Å²) < 4.78 is 15.7. The highest BCUT2D eigenvalue weighted by Crippen LogP contribution is 2.31. The summed E-state index contributed by atoms with van der Waals surface area (Å²) in [5, 5.41) is 4.79. The van der Waals surface area contributed by atoms with Gasteiger partial charge in [0.15, 0.2) is 0 Å². The second kappa shape index (κ2) is 7.00. The molecule has 123 valence electrons. The first kappa shape index (κ1) is 16.4. The van der Waals surface area contributed by atoms with Gasteiger partial charge >= 0.3 is 0 Å². The Morgan fingerprint density at radius 3 is 2.42 bits per heavy atom. The van der Waals surface area contributed by atoms with E-state index in [9.17, 15) is 4.39 Å². The summed E-state index contributed by atoms with van der Waals surface area (Å²) in [5.74, 6) is 0.105. The van der Waals surface area contributed by atoms with Crippen molar-refractivity contribution in [1.29, 1.82) is 0 Å². The van der Waals surface area contributed by atoms with Crippen LogP contribution in [0.4, 0.5) is 4.39 Å². The number of benzene rings is 2. The second-order valence-corrected chi connectivity index (χ2v) is 6.29. The predicted molar refractivity (Wildman–Crippen MR) is 95.9 cm³/mol. The first-order valence-corrected chi connectivity index (χ1v) is 8.30. The molecule has 1 radical (unpaired) electrons. The molecule has 24 heavy (non-hydrogen) atoms. The average molecular weight is 321 g/mol. The monoisotopic (exact) mass is 321 g/mol. The highest BCUT2D eigenvalue weighted by atomic mass is 19.1. The van der Waals surface area contributed by atoms with Gasteiger partial charge in [-0.15, -0.1) is 0 Å². The molecule has 1 atom stereocenters. The average Bonchev–Trinajstić information content (AvgIpc) is 3.02. The fourth-order valence-electron chi connectivity index (χ4n) is 2.93. The van der Waals surface area contributed by atoms with Crippen LogP contribution in [0.3, 0.4) is 0 Å². The van der Waals surface area contributed by atoms with Gasteiger partial charge in [-0.05, 0) is 48.2 Å². The number of hydrogen-bond acceptors (Lipinski definition) is 1. The molecule has 3 aromatic rings. The Labute approximate surface area is 143 Å². The highest BCUT2D eigenvalue weighted by Gasteiger charge is 2.21. The molecule has 0 aliphatic heterocycles. The molecule has 3 heteroatoms. The van der Waals surface area contributed by atoms with Gasteiger partial charge in [0.25, 0.3) is 0 Å². The molecule has 0 aliphatic rings. The lowest BCUT2D eigenvalue weighted by atomic mass is 9.92. The summed E-state index contributed by atoms with van der Waals surface area (Å²) in [6, 6.07) is 18.9. The lowest BCUT2D eigenvalue weighted by molar-refractivity contribution is 0.621. The van der Waals surface area contributed by atoms with Crippen LogP contribution in [0.15, 0.2) is 60.7 Å². The van der Waals surface area contributed by atoms with Crippen LogP contribution in [0, 0.1) is 12.7 Å². The van der Waals surface area contributed by atoms with Gasteiger partial charge in [-0.25, -0.2) is 9.07 Å². The summed E-state index contributed by atoms with van der Waals surface area (Å²) in [6.07, 6.45) is 0.638. The third-order valence-corrected chi connectivity index (χ3v) is 4.24. The molecule has 0 saturated heterocycles. The maximum absolute atomic E-state index is 13.7. The molecule has 0 fully saturated rings. The molecule has 2 nitrogen and oxygen atoms in total. The fraction of sp³-hybridized carbons (Fsp3) is 0.238. The molecule has 1 unspecified atom stereocenters. The third kappa shape index (κ3) is 3.25. The predicted octanol–water partition coefficient (Wildman–Crippen LogP) is 5.49. The lowest BCUT2D eigenvalue weighted by Gasteiger charge is -2.17. The smallest absolute Gasteiger partial charge is 0.123 e. The molecule has 1 aromatic heterocycles. The van der Waals surface area contributed by atoms with Crippen LogP contribution in [0.2, 0.25) is 0 Å². The topological polar surface area (TPSA) is 17.8 Å². The van der Waals surface area contributed by atoms with Crippen molar-refractivity contribution in [2.24, 2.45) is 0 Å². The van der Waals surface area contributed by atoms with Gasteiger partial charge in [-0.2, -0.15) is 5.10 Å². The zero-order valence-corrected chi connectivity index (χ0v) is 14.1. The Kier molecular flexibility index (Phi) is 4.79. The Morgan fingerprint density at radius 2 is 1.79 bits per heavy atom. The Bertz CT molecular complexity index is 806. The van der Waals surface area contributed by atoms with Gasteiger partial charge in [-0.1, -0.05) is 51.1 Å². The summed E-state index contributed by atoms with van der Waals surface area (Å²) >= 11 is 0. The summed E-state index contributed by atoms with van der Waals surface area (Å²) in [4.78, 5) is 0. The van der Waals surface area contributed by atoms with Crippen molar-refractivity contribution in [3.63, 3.8) is 0 Å². The van der Waals surface area contributed by atoms with E-state index in [1.165, 1.54) is 6.07 Å². The molecule has 0 N–H and O–H groups in total. The van der Waals surface area contributed by atoms with E-state index in [2.05, 4.69) is 26.8 Å². The van der Waals surface area contributed by atoms with Crippen LogP contribution in [0.5, 0.6) is 0 Å². The summed E-state index contributed by atoms with van der Waals surface area (Å²) in [5.41, 5.74) is 4.01. The van der Waals surface area contributed by atoms with Gasteiger partial charge in [0.2, 0.25) is 0 Å². The van der Waals surface area contributed by atoms with E-state index in [-0.39, 0.29) is 11.7 Å². The van der Waals surface area contributed by atoms with Gasteiger partial charge in [0, 0.05) is 5.92 Å². The van der Waals surface area contributed by atoms with E-state index in [1.807, 2.05) is 41.1 Å². The first-order valence-electron chi connectivity index (χ1n) is 8.30. The van der Waals surface area contributed by atoms with E-state index in [1.54, 1.807) is 12.1 Å². The van der Waals surface area contributed by atoms with E-state index in [0.717, 1.165) is 22.6 Å².